The summed E-state index contributed by atoms with van der Waals surface area (Å²) in [5.41, 5.74) is 0. The maximum Gasteiger partial charge on any atom is 0.0136 e. The minimum atomic E-state index is 0.829. The first kappa shape index (κ1) is 15.4. The van der Waals surface area contributed by atoms with Crippen molar-refractivity contribution in [2.45, 2.75) is 27.7 Å². The van der Waals surface area contributed by atoms with Crippen LogP contribution in [0.15, 0.2) is 0 Å². The molecule has 0 heterocycles. The first-order valence-electron chi connectivity index (χ1n) is 5.11. The van der Waals surface area contributed by atoms with E-state index in [0.29, 0.717) is 0 Å². The lowest BCUT2D eigenvalue weighted by Gasteiger charge is -2.04. The van der Waals surface area contributed by atoms with Crippen LogP contribution in [0.5, 0.6) is 0 Å². The van der Waals surface area contributed by atoms with Gasteiger partial charge in [0, 0.05) is 23.0 Å². The molecule has 0 bridgehead atoms. The number of hydrogen-bond acceptors (Lipinski definition) is 4. The largest absolute Gasteiger partial charge is 0.0939 e. The number of rotatable bonds is 9. The summed E-state index contributed by atoms with van der Waals surface area (Å²) < 4.78 is 0. The van der Waals surface area contributed by atoms with Gasteiger partial charge in [-0.25, -0.2) is 0 Å². The van der Waals surface area contributed by atoms with Crippen molar-refractivity contribution in [3.63, 3.8) is 0 Å². The Labute approximate surface area is 105 Å². The molecule has 0 spiro atoms. The van der Waals surface area contributed by atoms with Gasteiger partial charge in [0.2, 0.25) is 0 Å². The van der Waals surface area contributed by atoms with Crippen molar-refractivity contribution >= 4 is 43.2 Å². The summed E-state index contributed by atoms with van der Waals surface area (Å²) in [6.07, 6.45) is 0. The van der Waals surface area contributed by atoms with E-state index in [1.807, 2.05) is 43.2 Å². The summed E-state index contributed by atoms with van der Waals surface area (Å²) in [7, 11) is 8.09. The van der Waals surface area contributed by atoms with Crippen LogP contribution in [0, 0.1) is 11.8 Å². The third kappa shape index (κ3) is 13.4. The van der Waals surface area contributed by atoms with Crippen LogP contribution < -0.4 is 0 Å². The van der Waals surface area contributed by atoms with E-state index < -0.39 is 0 Å². The molecule has 0 saturated carbocycles. The Kier molecular flexibility index (Phi) is 12.0. The zero-order valence-electron chi connectivity index (χ0n) is 9.62. The Morgan fingerprint density at radius 3 is 1.29 bits per heavy atom. The first-order chi connectivity index (χ1) is 6.63. The minimum Gasteiger partial charge on any atom is -0.0939 e. The van der Waals surface area contributed by atoms with E-state index in [4.69, 9.17) is 0 Å². The lowest BCUT2D eigenvalue weighted by atomic mass is 10.3. The van der Waals surface area contributed by atoms with Gasteiger partial charge in [-0.2, -0.15) is 0 Å². The average Bonchev–Trinajstić information content (AvgIpc) is 2.08. The highest BCUT2D eigenvalue weighted by Crippen LogP contribution is 2.28. The van der Waals surface area contributed by atoms with E-state index in [-0.39, 0.29) is 0 Å². The Balaban J connectivity index is 2.92. The fourth-order valence-electron chi connectivity index (χ4n) is 0.554. The SMILES string of the molecule is CC(C)CSSCCSSCC(C)C. The Morgan fingerprint density at radius 2 is 1.00 bits per heavy atom. The van der Waals surface area contributed by atoms with Crippen molar-refractivity contribution in [2.75, 3.05) is 23.0 Å². The first-order valence-corrected chi connectivity index (χ1v) is 10.1. The molecule has 0 aromatic heterocycles. The third-order valence-corrected chi connectivity index (χ3v) is 6.97. The monoisotopic (exact) mass is 270 g/mol. The molecule has 14 heavy (non-hydrogen) atoms. The Hall–Kier alpha value is 1.40. The van der Waals surface area contributed by atoms with Gasteiger partial charge in [0.1, 0.15) is 0 Å². The third-order valence-electron chi connectivity index (χ3n) is 1.22. The predicted octanol–water partition coefficient (Wildman–Crippen LogP) is 5.06. The average molecular weight is 271 g/mol. The molecule has 0 aromatic carbocycles. The van der Waals surface area contributed by atoms with Crippen LogP contribution in [0.1, 0.15) is 27.7 Å². The molecule has 0 unspecified atom stereocenters. The number of hydrogen-bond donors (Lipinski definition) is 0. The van der Waals surface area contributed by atoms with Gasteiger partial charge < -0.3 is 0 Å². The Morgan fingerprint density at radius 1 is 0.643 bits per heavy atom. The smallest absolute Gasteiger partial charge is 0.0136 e. The molecule has 86 valence electrons. The molecule has 0 nitrogen and oxygen atoms in total. The van der Waals surface area contributed by atoms with Crippen LogP contribution in [0.25, 0.3) is 0 Å². The van der Waals surface area contributed by atoms with Crippen molar-refractivity contribution in [2.24, 2.45) is 11.8 Å². The van der Waals surface area contributed by atoms with Gasteiger partial charge >= 0.3 is 0 Å². The molecular weight excluding hydrogens is 248 g/mol. The van der Waals surface area contributed by atoms with Gasteiger partial charge in [-0.05, 0) is 11.8 Å². The molecule has 4 heteroatoms. The standard InChI is InChI=1S/C10H22S4/c1-9(2)7-13-11-5-6-12-14-8-10(3)4/h9-10H,5-8H2,1-4H3. The zero-order valence-corrected chi connectivity index (χ0v) is 12.9. The van der Waals surface area contributed by atoms with E-state index in [2.05, 4.69) is 27.7 Å². The summed E-state index contributed by atoms with van der Waals surface area (Å²) in [5.74, 6) is 6.80. The molecule has 0 aliphatic rings. The van der Waals surface area contributed by atoms with Crippen LogP contribution in [0.4, 0.5) is 0 Å². The highest BCUT2D eigenvalue weighted by Gasteiger charge is 1.97. The molecule has 0 aliphatic heterocycles. The normalized spacial score (nSPS) is 11.6. The molecule has 0 fully saturated rings. The molecule has 0 rings (SSSR count). The van der Waals surface area contributed by atoms with Crippen LogP contribution >= 0.6 is 43.2 Å². The van der Waals surface area contributed by atoms with Crippen molar-refractivity contribution in [3.8, 4) is 0 Å². The highest BCUT2D eigenvalue weighted by molar-refractivity contribution is 8.78. The van der Waals surface area contributed by atoms with Gasteiger partial charge in [-0.3, -0.25) is 0 Å². The maximum atomic E-state index is 2.28. The Bertz CT molecular complexity index is 101. The van der Waals surface area contributed by atoms with E-state index in [0.717, 1.165) is 11.8 Å². The van der Waals surface area contributed by atoms with Crippen molar-refractivity contribution in [1.82, 2.24) is 0 Å². The molecule has 0 amide bonds. The lowest BCUT2D eigenvalue weighted by Crippen LogP contribution is -1.90. The van der Waals surface area contributed by atoms with Gasteiger partial charge in [0.25, 0.3) is 0 Å². The topological polar surface area (TPSA) is 0 Å². The quantitative estimate of drug-likeness (QED) is 0.424. The molecule has 0 N–H and O–H groups in total. The van der Waals surface area contributed by atoms with Crippen molar-refractivity contribution in [1.29, 1.82) is 0 Å². The fraction of sp³-hybridized carbons (Fsp3) is 1.00. The molecule has 0 saturated heterocycles. The van der Waals surface area contributed by atoms with Crippen molar-refractivity contribution in [3.05, 3.63) is 0 Å². The molecular formula is C10H22S4. The maximum absolute atomic E-state index is 2.28. The lowest BCUT2D eigenvalue weighted by molar-refractivity contribution is 0.752. The van der Waals surface area contributed by atoms with Crippen LogP contribution in [0.3, 0.4) is 0 Å². The molecule has 0 aromatic rings. The van der Waals surface area contributed by atoms with Crippen LogP contribution in [0.2, 0.25) is 0 Å². The van der Waals surface area contributed by atoms with Gasteiger partial charge in [-0.15, -0.1) is 0 Å². The second-order valence-corrected chi connectivity index (χ2v) is 9.26. The van der Waals surface area contributed by atoms with Gasteiger partial charge in [0.05, 0.1) is 0 Å². The molecule has 0 atom stereocenters. The van der Waals surface area contributed by atoms with E-state index in [1.165, 1.54) is 23.0 Å². The fourth-order valence-corrected chi connectivity index (χ4v) is 6.21. The molecule has 0 aliphatic carbocycles. The minimum absolute atomic E-state index is 0.829. The van der Waals surface area contributed by atoms with Crippen molar-refractivity contribution < 1.29 is 0 Å². The predicted molar refractivity (Wildman–Crippen MR) is 79.5 cm³/mol. The summed E-state index contributed by atoms with van der Waals surface area (Å²) in [5, 5.41) is 0. The van der Waals surface area contributed by atoms with E-state index >= 15 is 0 Å². The summed E-state index contributed by atoms with van der Waals surface area (Å²) >= 11 is 0. The summed E-state index contributed by atoms with van der Waals surface area (Å²) in [6.45, 7) is 9.11. The second kappa shape index (κ2) is 10.9. The van der Waals surface area contributed by atoms with E-state index in [9.17, 15) is 0 Å². The zero-order chi connectivity index (χ0) is 10.8. The molecule has 0 radical (unpaired) electrons. The highest BCUT2D eigenvalue weighted by atomic mass is 33.1. The van der Waals surface area contributed by atoms with Crippen LogP contribution in [-0.4, -0.2) is 23.0 Å². The summed E-state index contributed by atoms with van der Waals surface area (Å²) in [4.78, 5) is 0. The van der Waals surface area contributed by atoms with Gasteiger partial charge in [-0.1, -0.05) is 70.9 Å². The van der Waals surface area contributed by atoms with Gasteiger partial charge in [0.15, 0.2) is 0 Å². The van der Waals surface area contributed by atoms with E-state index in [1.54, 1.807) is 0 Å². The second-order valence-electron chi connectivity index (χ2n) is 4.00. The summed E-state index contributed by atoms with van der Waals surface area (Å²) in [6, 6.07) is 0. The van der Waals surface area contributed by atoms with Crippen LogP contribution in [-0.2, 0) is 0 Å².